The number of amides is 1. The lowest BCUT2D eigenvalue weighted by atomic mass is 10.1. The van der Waals surface area contributed by atoms with E-state index in [4.69, 9.17) is 0 Å². The summed E-state index contributed by atoms with van der Waals surface area (Å²) in [5.74, 6) is 0.0355. The van der Waals surface area contributed by atoms with Crippen LogP contribution in [0.4, 0.5) is 0 Å². The molecular weight excluding hydrogens is 226 g/mol. The number of benzene rings is 1. The van der Waals surface area contributed by atoms with Crippen LogP contribution in [-0.2, 0) is 4.79 Å². The van der Waals surface area contributed by atoms with Crippen LogP contribution in [0.1, 0.15) is 18.5 Å². The quantitative estimate of drug-likeness (QED) is 0.791. The summed E-state index contributed by atoms with van der Waals surface area (Å²) in [4.78, 5) is 14.2. The molecule has 100 valence electrons. The normalized spacial score (nSPS) is 14.3. The van der Waals surface area contributed by atoms with Gasteiger partial charge in [0.2, 0.25) is 5.91 Å². The van der Waals surface area contributed by atoms with Gasteiger partial charge in [0.1, 0.15) is 6.04 Å². The summed E-state index contributed by atoms with van der Waals surface area (Å²) in [6, 6.07) is 9.85. The molecule has 1 aromatic rings. The molecule has 0 aromatic heterocycles. The van der Waals surface area contributed by atoms with Gasteiger partial charge in [-0.25, -0.2) is 0 Å². The third kappa shape index (κ3) is 4.13. The molecule has 0 aliphatic rings. The SMILES string of the molecule is CNC(C)CNC(=O)C(c1ccccc1)N(C)C. The molecule has 0 radical (unpaired) electrons. The van der Waals surface area contributed by atoms with Crippen LogP contribution in [0.25, 0.3) is 0 Å². The van der Waals surface area contributed by atoms with Crippen LogP contribution in [0, 0.1) is 0 Å². The van der Waals surface area contributed by atoms with Crippen molar-refractivity contribution < 1.29 is 4.79 Å². The van der Waals surface area contributed by atoms with Crippen molar-refractivity contribution in [1.29, 1.82) is 0 Å². The van der Waals surface area contributed by atoms with Crippen molar-refractivity contribution in [1.82, 2.24) is 15.5 Å². The summed E-state index contributed by atoms with van der Waals surface area (Å²) in [6.45, 7) is 2.67. The van der Waals surface area contributed by atoms with Gasteiger partial charge in [0.05, 0.1) is 0 Å². The average Bonchev–Trinajstić information content (AvgIpc) is 2.37. The van der Waals surface area contributed by atoms with E-state index in [0.717, 1.165) is 5.56 Å². The van der Waals surface area contributed by atoms with E-state index in [1.54, 1.807) is 0 Å². The first-order valence-electron chi connectivity index (χ1n) is 6.22. The highest BCUT2D eigenvalue weighted by molar-refractivity contribution is 5.83. The van der Waals surface area contributed by atoms with Gasteiger partial charge in [-0.1, -0.05) is 30.3 Å². The van der Waals surface area contributed by atoms with E-state index < -0.39 is 0 Å². The van der Waals surface area contributed by atoms with Crippen LogP contribution in [0.5, 0.6) is 0 Å². The summed E-state index contributed by atoms with van der Waals surface area (Å²) < 4.78 is 0. The number of hydrogen-bond donors (Lipinski definition) is 2. The predicted octanol–water partition coefficient (Wildman–Crippen LogP) is 1.01. The van der Waals surface area contributed by atoms with E-state index in [0.29, 0.717) is 6.54 Å². The Labute approximate surface area is 109 Å². The van der Waals surface area contributed by atoms with Gasteiger partial charge in [0, 0.05) is 12.6 Å². The highest BCUT2D eigenvalue weighted by Gasteiger charge is 2.22. The largest absolute Gasteiger partial charge is 0.353 e. The molecule has 1 rings (SSSR count). The van der Waals surface area contributed by atoms with Gasteiger partial charge >= 0.3 is 0 Å². The van der Waals surface area contributed by atoms with Crippen molar-refractivity contribution in [3.05, 3.63) is 35.9 Å². The third-order valence-corrected chi connectivity index (χ3v) is 2.96. The van der Waals surface area contributed by atoms with Crippen molar-refractivity contribution in [2.45, 2.75) is 19.0 Å². The summed E-state index contributed by atoms with van der Waals surface area (Å²) in [6.07, 6.45) is 0. The second-order valence-electron chi connectivity index (χ2n) is 4.71. The molecule has 2 N–H and O–H groups in total. The zero-order chi connectivity index (χ0) is 13.5. The highest BCUT2D eigenvalue weighted by Crippen LogP contribution is 2.17. The van der Waals surface area contributed by atoms with Crippen molar-refractivity contribution in [2.24, 2.45) is 0 Å². The lowest BCUT2D eigenvalue weighted by molar-refractivity contribution is -0.125. The van der Waals surface area contributed by atoms with Crippen molar-refractivity contribution in [3.63, 3.8) is 0 Å². The second kappa shape index (κ2) is 7.13. The maximum absolute atomic E-state index is 12.2. The standard InChI is InChI=1S/C14H23N3O/c1-11(15-2)10-16-14(18)13(17(3)4)12-8-6-5-7-9-12/h5-9,11,13,15H,10H2,1-4H3,(H,16,18). The van der Waals surface area contributed by atoms with Gasteiger partial charge in [-0.05, 0) is 33.6 Å². The lowest BCUT2D eigenvalue weighted by Gasteiger charge is -2.24. The van der Waals surface area contributed by atoms with Crippen LogP contribution in [0.2, 0.25) is 0 Å². The fourth-order valence-electron chi connectivity index (χ4n) is 1.77. The maximum Gasteiger partial charge on any atom is 0.241 e. The van der Waals surface area contributed by atoms with E-state index in [2.05, 4.69) is 10.6 Å². The van der Waals surface area contributed by atoms with E-state index in [9.17, 15) is 4.79 Å². The minimum atomic E-state index is -0.241. The minimum absolute atomic E-state index is 0.0355. The van der Waals surface area contributed by atoms with Gasteiger partial charge in [-0.3, -0.25) is 9.69 Å². The van der Waals surface area contributed by atoms with Gasteiger partial charge in [0.25, 0.3) is 0 Å². The Hall–Kier alpha value is -1.39. The first kappa shape index (κ1) is 14.7. The van der Waals surface area contributed by atoms with Crippen LogP contribution < -0.4 is 10.6 Å². The zero-order valence-corrected chi connectivity index (χ0v) is 11.6. The fourth-order valence-corrected chi connectivity index (χ4v) is 1.77. The molecule has 1 aromatic carbocycles. The minimum Gasteiger partial charge on any atom is -0.353 e. The topological polar surface area (TPSA) is 44.4 Å². The van der Waals surface area contributed by atoms with Crippen LogP contribution in [0.15, 0.2) is 30.3 Å². The smallest absolute Gasteiger partial charge is 0.241 e. The molecule has 2 unspecified atom stereocenters. The monoisotopic (exact) mass is 249 g/mol. The average molecular weight is 249 g/mol. The molecule has 0 fully saturated rings. The molecule has 0 bridgehead atoms. The molecule has 0 saturated heterocycles. The molecule has 4 heteroatoms. The first-order valence-corrected chi connectivity index (χ1v) is 6.22. The summed E-state index contributed by atoms with van der Waals surface area (Å²) >= 11 is 0. The Bertz CT molecular complexity index is 365. The van der Waals surface area contributed by atoms with E-state index in [1.807, 2.05) is 63.3 Å². The molecule has 18 heavy (non-hydrogen) atoms. The third-order valence-electron chi connectivity index (χ3n) is 2.96. The van der Waals surface area contributed by atoms with Crippen LogP contribution >= 0.6 is 0 Å². The number of rotatable bonds is 6. The van der Waals surface area contributed by atoms with Gasteiger partial charge in [-0.15, -0.1) is 0 Å². The maximum atomic E-state index is 12.2. The summed E-state index contributed by atoms with van der Waals surface area (Å²) in [5.41, 5.74) is 1.01. The summed E-state index contributed by atoms with van der Waals surface area (Å²) in [7, 11) is 5.72. The number of likely N-dealkylation sites (N-methyl/N-ethyl adjacent to an activating group) is 2. The second-order valence-corrected chi connectivity index (χ2v) is 4.71. The van der Waals surface area contributed by atoms with E-state index >= 15 is 0 Å². The number of carbonyl (C=O) groups is 1. The van der Waals surface area contributed by atoms with E-state index in [-0.39, 0.29) is 18.0 Å². The summed E-state index contributed by atoms with van der Waals surface area (Å²) in [5, 5.41) is 6.07. The Morgan fingerprint density at radius 1 is 1.28 bits per heavy atom. The number of nitrogens with zero attached hydrogens (tertiary/aromatic N) is 1. The van der Waals surface area contributed by atoms with Gasteiger partial charge in [0.15, 0.2) is 0 Å². The molecular formula is C14H23N3O. The molecule has 0 saturated carbocycles. The molecule has 4 nitrogen and oxygen atoms in total. The molecule has 0 spiro atoms. The predicted molar refractivity (Wildman–Crippen MR) is 74.4 cm³/mol. The Kier molecular flexibility index (Phi) is 5.82. The molecule has 2 atom stereocenters. The van der Waals surface area contributed by atoms with Crippen LogP contribution in [0.3, 0.4) is 0 Å². The van der Waals surface area contributed by atoms with Crippen molar-refractivity contribution in [2.75, 3.05) is 27.7 Å². The number of hydrogen-bond acceptors (Lipinski definition) is 3. The fraction of sp³-hybridized carbons (Fsp3) is 0.500. The van der Waals surface area contributed by atoms with Crippen molar-refractivity contribution in [3.8, 4) is 0 Å². The van der Waals surface area contributed by atoms with E-state index in [1.165, 1.54) is 0 Å². The molecule has 0 aliphatic carbocycles. The van der Waals surface area contributed by atoms with Crippen molar-refractivity contribution >= 4 is 5.91 Å². The van der Waals surface area contributed by atoms with Gasteiger partial charge in [-0.2, -0.15) is 0 Å². The number of nitrogens with one attached hydrogen (secondary N) is 2. The Morgan fingerprint density at radius 2 is 1.89 bits per heavy atom. The number of carbonyl (C=O) groups excluding carboxylic acids is 1. The molecule has 0 aliphatic heterocycles. The molecule has 0 heterocycles. The Balaban J connectivity index is 2.71. The molecule has 1 amide bonds. The zero-order valence-electron chi connectivity index (χ0n) is 11.6. The van der Waals surface area contributed by atoms with Gasteiger partial charge < -0.3 is 10.6 Å². The first-order chi connectivity index (χ1) is 8.56. The highest BCUT2D eigenvalue weighted by atomic mass is 16.2. The Morgan fingerprint density at radius 3 is 2.39 bits per heavy atom. The lowest BCUT2D eigenvalue weighted by Crippen LogP contribution is -2.42. The van der Waals surface area contributed by atoms with Crippen LogP contribution in [-0.4, -0.2) is 44.5 Å².